The summed E-state index contributed by atoms with van der Waals surface area (Å²) in [5.74, 6) is -0.0605. The van der Waals surface area contributed by atoms with Crippen LogP contribution in [0.2, 0.25) is 0 Å². The molecule has 0 fully saturated rings. The summed E-state index contributed by atoms with van der Waals surface area (Å²) in [6.45, 7) is 7.70. The van der Waals surface area contributed by atoms with Gasteiger partial charge < -0.3 is 9.64 Å². The molecular weight excluding hydrogens is 242 g/mol. The van der Waals surface area contributed by atoms with Gasteiger partial charge in [-0.15, -0.1) is 0 Å². The Morgan fingerprint density at radius 2 is 1.79 bits per heavy atom. The van der Waals surface area contributed by atoms with E-state index in [0.29, 0.717) is 6.54 Å². The second-order valence-electron chi connectivity index (χ2n) is 4.84. The predicted octanol–water partition coefficient (Wildman–Crippen LogP) is 2.17. The van der Waals surface area contributed by atoms with Gasteiger partial charge in [0.1, 0.15) is 5.75 Å². The Balaban J connectivity index is 3.12. The van der Waals surface area contributed by atoms with Gasteiger partial charge in [0, 0.05) is 20.5 Å². The SMILES string of the molecule is COc1cc(C)c(CN(C)C(=O)C(C)=O)c(C)c1C. The fourth-order valence-electron chi connectivity index (χ4n) is 2.13. The molecule has 0 radical (unpaired) electrons. The quantitative estimate of drug-likeness (QED) is 0.782. The van der Waals surface area contributed by atoms with Gasteiger partial charge in [0.05, 0.1) is 7.11 Å². The maximum Gasteiger partial charge on any atom is 0.289 e. The van der Waals surface area contributed by atoms with Crippen LogP contribution in [0.25, 0.3) is 0 Å². The maximum absolute atomic E-state index is 11.6. The number of methoxy groups -OCH3 is 1. The van der Waals surface area contributed by atoms with Crippen molar-refractivity contribution in [3.8, 4) is 5.75 Å². The van der Waals surface area contributed by atoms with Crippen molar-refractivity contribution in [3.05, 3.63) is 28.3 Å². The van der Waals surface area contributed by atoms with Crippen LogP contribution in [0.3, 0.4) is 0 Å². The zero-order valence-electron chi connectivity index (χ0n) is 12.5. The fraction of sp³-hybridized carbons (Fsp3) is 0.467. The second kappa shape index (κ2) is 5.87. The first kappa shape index (κ1) is 15.2. The number of rotatable bonds is 4. The number of ether oxygens (including phenoxy) is 1. The minimum Gasteiger partial charge on any atom is -0.496 e. The van der Waals surface area contributed by atoms with Crippen molar-refractivity contribution < 1.29 is 14.3 Å². The number of ketones is 1. The molecule has 4 nitrogen and oxygen atoms in total. The van der Waals surface area contributed by atoms with Crippen LogP contribution < -0.4 is 4.74 Å². The van der Waals surface area contributed by atoms with Crippen LogP contribution in [-0.2, 0) is 16.1 Å². The molecule has 19 heavy (non-hydrogen) atoms. The molecule has 4 heteroatoms. The molecule has 0 aliphatic heterocycles. The predicted molar refractivity (Wildman–Crippen MR) is 74.4 cm³/mol. The molecule has 0 atom stereocenters. The van der Waals surface area contributed by atoms with E-state index in [4.69, 9.17) is 4.74 Å². The monoisotopic (exact) mass is 263 g/mol. The van der Waals surface area contributed by atoms with E-state index in [2.05, 4.69) is 0 Å². The largest absolute Gasteiger partial charge is 0.496 e. The summed E-state index contributed by atoms with van der Waals surface area (Å²) in [6.07, 6.45) is 0. The number of hydrogen-bond donors (Lipinski definition) is 0. The molecule has 0 aliphatic rings. The topological polar surface area (TPSA) is 46.6 Å². The van der Waals surface area contributed by atoms with Gasteiger partial charge in [-0.3, -0.25) is 9.59 Å². The van der Waals surface area contributed by atoms with Crippen LogP contribution in [0, 0.1) is 20.8 Å². The minimum atomic E-state index is -0.465. The number of Topliss-reactive ketones (excluding diaryl/α,β-unsaturated/α-hetero) is 1. The average molecular weight is 263 g/mol. The molecule has 0 unspecified atom stereocenters. The molecule has 1 aromatic carbocycles. The van der Waals surface area contributed by atoms with Crippen molar-refractivity contribution in [2.45, 2.75) is 34.2 Å². The Hall–Kier alpha value is -1.84. The van der Waals surface area contributed by atoms with Crippen molar-refractivity contribution in [3.63, 3.8) is 0 Å². The number of hydrogen-bond acceptors (Lipinski definition) is 3. The number of amides is 1. The molecular formula is C15H21NO3. The molecule has 0 bridgehead atoms. The minimum absolute atomic E-state index is 0.431. The Kier molecular flexibility index (Phi) is 4.70. The highest BCUT2D eigenvalue weighted by atomic mass is 16.5. The van der Waals surface area contributed by atoms with Gasteiger partial charge in [-0.05, 0) is 49.1 Å². The third-order valence-corrected chi connectivity index (χ3v) is 3.47. The first-order valence-corrected chi connectivity index (χ1v) is 6.19. The molecule has 0 aliphatic carbocycles. The van der Waals surface area contributed by atoms with Gasteiger partial charge >= 0.3 is 0 Å². The fourth-order valence-corrected chi connectivity index (χ4v) is 2.13. The molecule has 0 spiro atoms. The van der Waals surface area contributed by atoms with Crippen molar-refractivity contribution in [1.29, 1.82) is 0 Å². The average Bonchev–Trinajstić information content (AvgIpc) is 2.37. The standard InChI is InChI=1S/C15H21NO3/c1-9-7-14(19-6)11(3)10(2)13(9)8-16(5)15(18)12(4)17/h7H,8H2,1-6H3. The number of likely N-dealkylation sites (N-methyl/N-ethyl adjacent to an activating group) is 1. The van der Waals surface area contributed by atoms with Gasteiger partial charge in [0.15, 0.2) is 0 Å². The normalized spacial score (nSPS) is 10.2. The Bertz CT molecular complexity index is 521. The number of carbonyl (C=O) groups is 2. The Morgan fingerprint density at radius 1 is 1.21 bits per heavy atom. The van der Waals surface area contributed by atoms with Crippen LogP contribution in [-0.4, -0.2) is 30.7 Å². The van der Waals surface area contributed by atoms with E-state index in [1.807, 2.05) is 26.8 Å². The van der Waals surface area contributed by atoms with Crippen molar-refractivity contribution in [2.75, 3.05) is 14.2 Å². The van der Waals surface area contributed by atoms with Crippen molar-refractivity contribution >= 4 is 11.7 Å². The van der Waals surface area contributed by atoms with E-state index < -0.39 is 11.7 Å². The van der Waals surface area contributed by atoms with Crippen LogP contribution in [0.5, 0.6) is 5.75 Å². The van der Waals surface area contributed by atoms with Gasteiger partial charge in [0.25, 0.3) is 5.91 Å². The number of nitrogens with zero attached hydrogens (tertiary/aromatic N) is 1. The van der Waals surface area contributed by atoms with Crippen LogP contribution in [0.1, 0.15) is 29.2 Å². The van der Waals surface area contributed by atoms with Gasteiger partial charge in [-0.25, -0.2) is 0 Å². The smallest absolute Gasteiger partial charge is 0.289 e. The first-order chi connectivity index (χ1) is 8.79. The summed E-state index contributed by atoms with van der Waals surface area (Å²) in [4.78, 5) is 24.2. The van der Waals surface area contributed by atoms with E-state index in [-0.39, 0.29) is 0 Å². The van der Waals surface area contributed by atoms with Crippen LogP contribution in [0.15, 0.2) is 6.07 Å². The van der Waals surface area contributed by atoms with E-state index >= 15 is 0 Å². The highest BCUT2D eigenvalue weighted by Crippen LogP contribution is 2.28. The molecule has 0 aromatic heterocycles. The number of carbonyl (C=O) groups excluding carboxylic acids is 2. The lowest BCUT2D eigenvalue weighted by atomic mass is 9.97. The molecule has 104 valence electrons. The number of aryl methyl sites for hydroxylation is 1. The highest BCUT2D eigenvalue weighted by molar-refractivity contribution is 6.34. The highest BCUT2D eigenvalue weighted by Gasteiger charge is 2.17. The lowest BCUT2D eigenvalue weighted by Crippen LogP contribution is -2.31. The Labute approximate surface area is 114 Å². The lowest BCUT2D eigenvalue weighted by molar-refractivity contribution is -0.143. The van der Waals surface area contributed by atoms with Gasteiger partial charge in [-0.2, -0.15) is 0 Å². The zero-order valence-corrected chi connectivity index (χ0v) is 12.5. The van der Waals surface area contributed by atoms with Gasteiger partial charge in [0.2, 0.25) is 5.78 Å². The molecule has 1 amide bonds. The summed E-state index contributed by atoms with van der Waals surface area (Å²) in [5.41, 5.74) is 4.28. The van der Waals surface area contributed by atoms with Gasteiger partial charge in [-0.1, -0.05) is 0 Å². The molecule has 0 heterocycles. The molecule has 1 rings (SSSR count). The molecule has 0 saturated heterocycles. The van der Waals surface area contributed by atoms with E-state index in [9.17, 15) is 9.59 Å². The van der Waals surface area contributed by atoms with Crippen LogP contribution in [0.4, 0.5) is 0 Å². The van der Waals surface area contributed by atoms with E-state index in [1.54, 1.807) is 14.2 Å². The first-order valence-electron chi connectivity index (χ1n) is 6.19. The van der Waals surface area contributed by atoms with Crippen molar-refractivity contribution in [1.82, 2.24) is 4.90 Å². The van der Waals surface area contributed by atoms with E-state index in [0.717, 1.165) is 28.0 Å². The zero-order chi connectivity index (χ0) is 14.7. The molecule has 1 aromatic rings. The van der Waals surface area contributed by atoms with E-state index in [1.165, 1.54) is 11.8 Å². The Morgan fingerprint density at radius 3 is 2.26 bits per heavy atom. The maximum atomic E-state index is 11.6. The molecule has 0 saturated carbocycles. The summed E-state index contributed by atoms with van der Waals surface area (Å²) < 4.78 is 5.32. The molecule has 0 N–H and O–H groups in total. The summed E-state index contributed by atoms with van der Waals surface area (Å²) in [5, 5.41) is 0. The van der Waals surface area contributed by atoms with Crippen molar-refractivity contribution in [2.24, 2.45) is 0 Å². The summed E-state index contributed by atoms with van der Waals surface area (Å²) in [6, 6.07) is 1.96. The third-order valence-electron chi connectivity index (χ3n) is 3.47. The second-order valence-corrected chi connectivity index (χ2v) is 4.84. The summed E-state index contributed by atoms with van der Waals surface area (Å²) >= 11 is 0. The third kappa shape index (κ3) is 3.13. The number of benzene rings is 1. The summed E-state index contributed by atoms with van der Waals surface area (Å²) in [7, 11) is 3.29. The van der Waals surface area contributed by atoms with Crippen LogP contribution >= 0.6 is 0 Å². The lowest BCUT2D eigenvalue weighted by Gasteiger charge is -2.21.